The summed E-state index contributed by atoms with van der Waals surface area (Å²) in [4.78, 5) is 12.5. The summed E-state index contributed by atoms with van der Waals surface area (Å²) in [5.41, 5.74) is 0.424. The maximum absolute atomic E-state index is 12.6. The second-order valence-corrected chi connectivity index (χ2v) is 8.80. The van der Waals surface area contributed by atoms with Gasteiger partial charge in [0.1, 0.15) is 16.5 Å². The van der Waals surface area contributed by atoms with E-state index >= 15 is 0 Å². The minimum Gasteiger partial charge on any atom is -0.486 e. The minimum atomic E-state index is -3.61. The molecule has 3 rings (SSSR count). The van der Waals surface area contributed by atoms with E-state index in [-0.39, 0.29) is 28.9 Å². The predicted molar refractivity (Wildman–Crippen MR) is 95.7 cm³/mol. The number of hydrogen-bond donors (Lipinski definition) is 1. The molecule has 2 aromatic rings. The van der Waals surface area contributed by atoms with E-state index in [4.69, 9.17) is 4.74 Å². The number of nitrogens with zero attached hydrogens (tertiary/aromatic N) is 2. The molecule has 0 aliphatic carbocycles. The summed E-state index contributed by atoms with van der Waals surface area (Å²) in [5, 5.41) is 11.6. The molecule has 0 saturated carbocycles. The van der Waals surface area contributed by atoms with Crippen molar-refractivity contribution in [1.29, 1.82) is 0 Å². The lowest BCUT2D eigenvalue weighted by atomic mass is 10.2. The third kappa shape index (κ3) is 3.72. The van der Waals surface area contributed by atoms with Crippen LogP contribution in [-0.4, -0.2) is 36.9 Å². The van der Waals surface area contributed by atoms with Crippen LogP contribution >= 0.6 is 11.3 Å². The summed E-state index contributed by atoms with van der Waals surface area (Å²) in [7, 11) is -3.61. The maximum atomic E-state index is 12.6. The molecule has 9 heteroatoms. The molecule has 132 valence electrons. The lowest BCUT2D eigenvalue weighted by molar-refractivity contribution is -0.115. The maximum Gasteiger partial charge on any atom is 0.293 e. The van der Waals surface area contributed by atoms with Gasteiger partial charge in [0, 0.05) is 5.92 Å². The van der Waals surface area contributed by atoms with Crippen molar-refractivity contribution >= 4 is 37.1 Å². The first-order valence-electron chi connectivity index (χ1n) is 7.68. The number of aromatic nitrogens is 2. The highest BCUT2D eigenvalue weighted by atomic mass is 32.2. The summed E-state index contributed by atoms with van der Waals surface area (Å²) >= 11 is 1.25. The molecule has 1 aromatic heterocycles. The Bertz CT molecular complexity index is 918. The number of benzene rings is 1. The van der Waals surface area contributed by atoms with Crippen molar-refractivity contribution in [3.05, 3.63) is 46.7 Å². The van der Waals surface area contributed by atoms with Crippen molar-refractivity contribution < 1.29 is 17.9 Å². The second kappa shape index (κ2) is 6.93. The lowest BCUT2D eigenvalue weighted by Crippen LogP contribution is -2.28. The van der Waals surface area contributed by atoms with Crippen molar-refractivity contribution in [3.63, 3.8) is 0 Å². The number of carbonyl (C=O) groups excluding carboxylic acids is 1. The molecule has 2 heterocycles. The standard InChI is InChI=1S/C16H17N3O4S2/c1-10(2)15-18-19-16(24-15)17-14(20)12-13(11-6-4-3-5-7-11)25(21,22)9-8-23-12/h3-7,10H,8-9H2,1-2H3,(H,17,19,20). The molecular weight excluding hydrogens is 362 g/mol. The van der Waals surface area contributed by atoms with E-state index in [0.29, 0.717) is 10.7 Å². The number of carbonyl (C=O) groups is 1. The molecule has 25 heavy (non-hydrogen) atoms. The van der Waals surface area contributed by atoms with E-state index in [0.717, 1.165) is 5.01 Å². The lowest BCUT2D eigenvalue weighted by Gasteiger charge is -2.20. The van der Waals surface area contributed by atoms with Crippen LogP contribution in [0, 0.1) is 0 Å². The van der Waals surface area contributed by atoms with Crippen LogP contribution in [0.2, 0.25) is 0 Å². The van der Waals surface area contributed by atoms with Gasteiger partial charge < -0.3 is 4.74 Å². The fraction of sp³-hybridized carbons (Fsp3) is 0.312. The Balaban J connectivity index is 1.98. The van der Waals surface area contributed by atoms with Crippen molar-refractivity contribution in [3.8, 4) is 0 Å². The first kappa shape index (κ1) is 17.6. The highest BCUT2D eigenvalue weighted by Crippen LogP contribution is 2.31. The Kier molecular flexibility index (Phi) is 4.87. The highest BCUT2D eigenvalue weighted by molar-refractivity contribution is 8.00. The van der Waals surface area contributed by atoms with E-state index < -0.39 is 15.7 Å². The zero-order chi connectivity index (χ0) is 18.0. The van der Waals surface area contributed by atoms with Gasteiger partial charge in [0.25, 0.3) is 5.91 Å². The van der Waals surface area contributed by atoms with Crippen molar-refractivity contribution in [2.75, 3.05) is 17.7 Å². The van der Waals surface area contributed by atoms with Crippen LogP contribution in [0.15, 0.2) is 36.1 Å². The fourth-order valence-electron chi connectivity index (χ4n) is 2.30. The van der Waals surface area contributed by atoms with Crippen LogP contribution in [0.4, 0.5) is 5.13 Å². The van der Waals surface area contributed by atoms with Crippen molar-refractivity contribution in [2.24, 2.45) is 0 Å². The Morgan fingerprint density at radius 1 is 1.24 bits per heavy atom. The van der Waals surface area contributed by atoms with Gasteiger partial charge in [-0.25, -0.2) is 8.42 Å². The average molecular weight is 379 g/mol. The molecule has 0 spiro atoms. The molecule has 0 radical (unpaired) electrons. The molecule has 7 nitrogen and oxygen atoms in total. The predicted octanol–water partition coefficient (Wildman–Crippen LogP) is 2.41. The molecular formula is C16H17N3O4S2. The van der Waals surface area contributed by atoms with Gasteiger partial charge in [0.05, 0.1) is 5.75 Å². The minimum absolute atomic E-state index is 0.0607. The Hall–Kier alpha value is -2.26. The molecule has 1 amide bonds. The van der Waals surface area contributed by atoms with Gasteiger partial charge in [0.2, 0.25) is 10.9 Å². The molecule has 1 aliphatic heterocycles. The van der Waals surface area contributed by atoms with E-state index in [1.807, 2.05) is 13.8 Å². The monoisotopic (exact) mass is 379 g/mol. The third-order valence-electron chi connectivity index (χ3n) is 3.51. The quantitative estimate of drug-likeness (QED) is 0.876. The summed E-state index contributed by atoms with van der Waals surface area (Å²) in [6.45, 7) is 3.88. The molecule has 1 N–H and O–H groups in total. The number of amides is 1. The normalized spacial score (nSPS) is 16.6. The van der Waals surface area contributed by atoms with Gasteiger partial charge in [0.15, 0.2) is 9.84 Å². The molecule has 1 aromatic carbocycles. The van der Waals surface area contributed by atoms with Crippen LogP contribution in [0.3, 0.4) is 0 Å². The summed E-state index contributed by atoms with van der Waals surface area (Å²) < 4.78 is 30.4. The number of ether oxygens (including phenoxy) is 1. The van der Waals surface area contributed by atoms with Crippen molar-refractivity contribution in [2.45, 2.75) is 19.8 Å². The molecule has 1 aliphatic rings. The van der Waals surface area contributed by atoms with Crippen molar-refractivity contribution in [1.82, 2.24) is 10.2 Å². The average Bonchev–Trinajstić information content (AvgIpc) is 3.03. The zero-order valence-electron chi connectivity index (χ0n) is 13.7. The first-order valence-corrected chi connectivity index (χ1v) is 10.2. The number of hydrogen-bond acceptors (Lipinski definition) is 7. The van der Waals surface area contributed by atoms with Gasteiger partial charge in [-0.2, -0.15) is 0 Å². The Morgan fingerprint density at radius 3 is 2.60 bits per heavy atom. The number of sulfone groups is 1. The van der Waals surface area contributed by atoms with Gasteiger partial charge in [-0.15, -0.1) is 10.2 Å². The molecule has 0 bridgehead atoms. The van der Waals surface area contributed by atoms with Gasteiger partial charge >= 0.3 is 0 Å². The van der Waals surface area contributed by atoms with Gasteiger partial charge in [-0.05, 0) is 5.56 Å². The Labute approximate surface area is 149 Å². The third-order valence-corrected chi connectivity index (χ3v) is 6.40. The fourth-order valence-corrected chi connectivity index (χ4v) is 4.48. The summed E-state index contributed by atoms with van der Waals surface area (Å²) in [5.74, 6) is -0.828. The summed E-state index contributed by atoms with van der Waals surface area (Å²) in [6, 6.07) is 8.46. The van der Waals surface area contributed by atoms with E-state index in [1.165, 1.54) is 11.3 Å². The molecule has 0 atom stereocenters. The number of rotatable bonds is 4. The SMILES string of the molecule is CC(C)c1nnc(NC(=O)C2=C(c3ccccc3)S(=O)(=O)CCO2)s1. The summed E-state index contributed by atoms with van der Waals surface area (Å²) in [6.07, 6.45) is 0. The number of nitrogens with one attached hydrogen (secondary N) is 1. The molecule has 0 saturated heterocycles. The first-order chi connectivity index (χ1) is 11.9. The van der Waals surface area contributed by atoms with Crippen LogP contribution in [0.1, 0.15) is 30.3 Å². The number of anilines is 1. The Morgan fingerprint density at radius 2 is 1.96 bits per heavy atom. The van der Waals surface area contributed by atoms with Crippen LogP contribution in [0.25, 0.3) is 4.91 Å². The highest BCUT2D eigenvalue weighted by Gasteiger charge is 2.33. The smallest absolute Gasteiger partial charge is 0.293 e. The van der Waals surface area contributed by atoms with E-state index in [1.54, 1.807) is 30.3 Å². The van der Waals surface area contributed by atoms with Gasteiger partial charge in [-0.3, -0.25) is 10.1 Å². The van der Waals surface area contributed by atoms with Crippen LogP contribution < -0.4 is 5.32 Å². The van der Waals surface area contributed by atoms with E-state index in [9.17, 15) is 13.2 Å². The van der Waals surface area contributed by atoms with Crippen LogP contribution in [0.5, 0.6) is 0 Å². The topological polar surface area (TPSA) is 98.3 Å². The zero-order valence-corrected chi connectivity index (χ0v) is 15.4. The van der Waals surface area contributed by atoms with Gasteiger partial charge in [-0.1, -0.05) is 55.5 Å². The largest absolute Gasteiger partial charge is 0.486 e. The van der Waals surface area contributed by atoms with Crippen LogP contribution in [-0.2, 0) is 19.4 Å². The van der Waals surface area contributed by atoms with E-state index in [2.05, 4.69) is 15.5 Å². The second-order valence-electron chi connectivity index (χ2n) is 5.75. The molecule has 0 unspecified atom stereocenters. The molecule has 0 fully saturated rings.